The van der Waals surface area contributed by atoms with Gasteiger partial charge in [0.1, 0.15) is 0 Å². The van der Waals surface area contributed by atoms with Gasteiger partial charge in [-0.2, -0.15) is 13.2 Å². The molecule has 0 atom stereocenters. The quantitative estimate of drug-likeness (QED) is 0.916. The largest absolute Gasteiger partial charge is 0.489 e. The Bertz CT molecular complexity index is 469. The van der Waals surface area contributed by atoms with Crippen LogP contribution in [-0.4, -0.2) is 17.2 Å². The van der Waals surface area contributed by atoms with Gasteiger partial charge in [0.2, 0.25) is 0 Å². The molecule has 0 unspecified atom stereocenters. The van der Waals surface area contributed by atoms with Crippen molar-refractivity contribution in [2.45, 2.75) is 26.1 Å². The summed E-state index contributed by atoms with van der Waals surface area (Å²) in [6, 6.07) is 1.43. The molecule has 0 saturated heterocycles. The summed E-state index contributed by atoms with van der Waals surface area (Å²) >= 11 is 5.64. The Kier molecular flexibility index (Phi) is 4.11. The third-order valence-electron chi connectivity index (χ3n) is 1.95. The highest BCUT2D eigenvalue weighted by Gasteiger charge is 2.36. The maximum absolute atomic E-state index is 12.8. The Labute approximate surface area is 106 Å². The fraction of sp³-hybridized carbons (Fsp3) is 0.364. The summed E-state index contributed by atoms with van der Waals surface area (Å²) in [5.41, 5.74) is -1.73. The molecule has 0 bridgehead atoms. The van der Waals surface area contributed by atoms with Gasteiger partial charge >= 0.3 is 12.1 Å². The van der Waals surface area contributed by atoms with E-state index in [4.69, 9.17) is 21.4 Å². The summed E-state index contributed by atoms with van der Waals surface area (Å²) in [6.45, 7) is 3.09. The summed E-state index contributed by atoms with van der Waals surface area (Å²) in [5, 5.41) is 8.33. The number of carbonyl (C=O) groups is 1. The molecule has 1 aromatic rings. The molecule has 3 nitrogen and oxygen atoms in total. The van der Waals surface area contributed by atoms with E-state index in [1.54, 1.807) is 13.8 Å². The number of halogens is 4. The monoisotopic (exact) mass is 282 g/mol. The lowest BCUT2D eigenvalue weighted by Gasteiger charge is -2.18. The molecule has 0 fully saturated rings. The minimum atomic E-state index is -4.74. The first-order valence-corrected chi connectivity index (χ1v) is 5.31. The highest BCUT2D eigenvalue weighted by molar-refractivity contribution is 6.32. The van der Waals surface area contributed by atoms with Crippen LogP contribution in [0.1, 0.15) is 29.8 Å². The van der Waals surface area contributed by atoms with E-state index in [0.717, 1.165) is 6.07 Å². The molecule has 1 aromatic carbocycles. The molecule has 7 heteroatoms. The fourth-order valence-corrected chi connectivity index (χ4v) is 1.55. The van der Waals surface area contributed by atoms with Crippen LogP contribution in [0.4, 0.5) is 13.2 Å². The van der Waals surface area contributed by atoms with Crippen LogP contribution in [0.2, 0.25) is 5.02 Å². The van der Waals surface area contributed by atoms with E-state index >= 15 is 0 Å². The number of hydrogen-bond donors (Lipinski definition) is 1. The van der Waals surface area contributed by atoms with Crippen molar-refractivity contribution in [2.75, 3.05) is 0 Å². The molecular formula is C11H10ClF3O3. The van der Waals surface area contributed by atoms with E-state index in [2.05, 4.69) is 0 Å². The van der Waals surface area contributed by atoms with Crippen LogP contribution in [0.15, 0.2) is 12.1 Å². The third kappa shape index (κ3) is 3.29. The third-order valence-corrected chi connectivity index (χ3v) is 2.23. The summed E-state index contributed by atoms with van der Waals surface area (Å²) in [5.74, 6) is -2.04. The molecule has 0 amide bonds. The molecular weight excluding hydrogens is 273 g/mol. The van der Waals surface area contributed by atoms with E-state index in [9.17, 15) is 18.0 Å². The zero-order chi connectivity index (χ0) is 14.1. The maximum atomic E-state index is 12.8. The van der Waals surface area contributed by atoms with Gasteiger partial charge in [0.15, 0.2) is 5.75 Å². The zero-order valence-electron chi connectivity index (χ0n) is 9.51. The summed E-state index contributed by atoms with van der Waals surface area (Å²) in [7, 11) is 0. The minimum absolute atomic E-state index is 0.379. The average Bonchev–Trinajstić information content (AvgIpc) is 2.17. The second-order valence-corrected chi connectivity index (χ2v) is 4.21. The van der Waals surface area contributed by atoms with Crippen molar-refractivity contribution in [1.82, 2.24) is 0 Å². The molecule has 18 heavy (non-hydrogen) atoms. The maximum Gasteiger partial charge on any atom is 0.420 e. The highest BCUT2D eigenvalue weighted by atomic mass is 35.5. The Hall–Kier alpha value is -1.43. The van der Waals surface area contributed by atoms with Gasteiger partial charge in [-0.1, -0.05) is 11.6 Å². The molecule has 0 aliphatic rings. The Morgan fingerprint density at radius 1 is 1.39 bits per heavy atom. The van der Waals surface area contributed by atoms with Gasteiger partial charge in [-0.05, 0) is 26.0 Å². The second kappa shape index (κ2) is 5.06. The average molecular weight is 283 g/mol. The molecule has 0 radical (unpaired) electrons. The highest BCUT2D eigenvalue weighted by Crippen LogP contribution is 2.41. The van der Waals surface area contributed by atoms with Crippen molar-refractivity contribution in [3.05, 3.63) is 28.3 Å². The molecule has 0 spiro atoms. The van der Waals surface area contributed by atoms with Gasteiger partial charge in [-0.3, -0.25) is 0 Å². The lowest BCUT2D eigenvalue weighted by atomic mass is 10.1. The SMILES string of the molecule is CC(C)Oc1c(Cl)cc(C(=O)O)cc1C(F)(F)F. The van der Waals surface area contributed by atoms with E-state index in [0.29, 0.717) is 6.07 Å². The summed E-state index contributed by atoms with van der Waals surface area (Å²) in [4.78, 5) is 10.7. The van der Waals surface area contributed by atoms with Gasteiger partial charge in [0, 0.05) is 0 Å². The first-order valence-electron chi connectivity index (χ1n) is 4.93. The van der Waals surface area contributed by atoms with Crippen molar-refractivity contribution < 1.29 is 27.8 Å². The van der Waals surface area contributed by atoms with Gasteiger partial charge in [0.25, 0.3) is 0 Å². The normalized spacial score (nSPS) is 11.7. The standard InChI is InChI=1S/C11H10ClF3O3/c1-5(2)18-9-7(11(13,14)15)3-6(10(16)17)4-8(9)12/h3-5H,1-2H3,(H,16,17). The molecule has 1 rings (SSSR count). The van der Waals surface area contributed by atoms with Crippen LogP contribution in [-0.2, 0) is 6.18 Å². The number of ether oxygens (including phenoxy) is 1. The first kappa shape index (κ1) is 14.6. The topological polar surface area (TPSA) is 46.5 Å². The van der Waals surface area contributed by atoms with Gasteiger partial charge in [-0.15, -0.1) is 0 Å². The van der Waals surface area contributed by atoms with E-state index in [1.807, 2.05) is 0 Å². The Morgan fingerprint density at radius 3 is 2.33 bits per heavy atom. The van der Waals surface area contributed by atoms with Crippen molar-refractivity contribution in [3.8, 4) is 5.75 Å². The van der Waals surface area contributed by atoms with Crippen LogP contribution in [0, 0.1) is 0 Å². The zero-order valence-corrected chi connectivity index (χ0v) is 10.3. The number of alkyl halides is 3. The van der Waals surface area contributed by atoms with Crippen LogP contribution in [0.25, 0.3) is 0 Å². The fourth-order valence-electron chi connectivity index (χ4n) is 1.28. The molecule has 0 aliphatic carbocycles. The predicted molar refractivity (Wildman–Crippen MR) is 59.2 cm³/mol. The van der Waals surface area contributed by atoms with Crippen LogP contribution in [0.3, 0.4) is 0 Å². The number of hydrogen-bond acceptors (Lipinski definition) is 2. The predicted octanol–water partition coefficient (Wildman–Crippen LogP) is 3.84. The molecule has 0 aliphatic heterocycles. The number of carboxylic acids is 1. The Morgan fingerprint density at radius 2 is 1.94 bits per heavy atom. The van der Waals surface area contributed by atoms with Crippen molar-refractivity contribution in [3.63, 3.8) is 0 Å². The summed E-state index contributed by atoms with van der Waals surface area (Å²) < 4.78 is 43.4. The number of benzene rings is 1. The smallest absolute Gasteiger partial charge is 0.420 e. The minimum Gasteiger partial charge on any atom is -0.489 e. The van der Waals surface area contributed by atoms with Crippen molar-refractivity contribution in [1.29, 1.82) is 0 Å². The molecule has 100 valence electrons. The number of rotatable bonds is 3. The molecule has 1 N–H and O–H groups in total. The van der Waals surface area contributed by atoms with E-state index in [-0.39, 0.29) is 5.02 Å². The Balaban J connectivity index is 3.45. The number of aromatic carboxylic acids is 1. The van der Waals surface area contributed by atoms with Crippen LogP contribution in [0.5, 0.6) is 5.75 Å². The van der Waals surface area contributed by atoms with Gasteiger partial charge in [0.05, 0.1) is 22.3 Å². The number of carboxylic acid groups (broad SMARTS) is 1. The molecule has 0 saturated carbocycles. The van der Waals surface area contributed by atoms with Crippen LogP contribution < -0.4 is 4.74 Å². The molecule has 0 aromatic heterocycles. The van der Waals surface area contributed by atoms with Gasteiger partial charge in [-0.25, -0.2) is 4.79 Å². The lowest BCUT2D eigenvalue weighted by Crippen LogP contribution is -2.14. The molecule has 0 heterocycles. The summed E-state index contributed by atoms with van der Waals surface area (Å²) in [6.07, 6.45) is -5.25. The lowest BCUT2D eigenvalue weighted by molar-refractivity contribution is -0.139. The van der Waals surface area contributed by atoms with Crippen LogP contribution >= 0.6 is 11.6 Å². The van der Waals surface area contributed by atoms with Crippen molar-refractivity contribution >= 4 is 17.6 Å². The van der Waals surface area contributed by atoms with Gasteiger partial charge < -0.3 is 9.84 Å². The van der Waals surface area contributed by atoms with E-state index in [1.165, 1.54) is 0 Å². The van der Waals surface area contributed by atoms with E-state index < -0.39 is 35.1 Å². The second-order valence-electron chi connectivity index (χ2n) is 3.80. The van der Waals surface area contributed by atoms with Crippen molar-refractivity contribution in [2.24, 2.45) is 0 Å². The first-order chi connectivity index (χ1) is 8.12.